The highest BCUT2D eigenvalue weighted by Gasteiger charge is 2.20. The highest BCUT2D eigenvalue weighted by Crippen LogP contribution is 2.44. The molecule has 51 heavy (non-hydrogen) atoms. The van der Waals surface area contributed by atoms with Crippen LogP contribution in [0.2, 0.25) is 0 Å². The molecule has 3 aromatic heterocycles. The minimum absolute atomic E-state index is 0.657. The number of para-hydroxylation sites is 3. The first-order valence-electron chi connectivity index (χ1n) is 17.2. The van der Waals surface area contributed by atoms with Crippen LogP contribution in [0.15, 0.2) is 193 Å². The van der Waals surface area contributed by atoms with Crippen molar-refractivity contribution in [2.45, 2.75) is 0 Å². The van der Waals surface area contributed by atoms with Gasteiger partial charge in [-0.25, -0.2) is 4.98 Å². The fraction of sp³-hybridized carbons (Fsp3) is 0. The first-order chi connectivity index (χ1) is 25.3. The van der Waals surface area contributed by atoms with E-state index >= 15 is 0 Å². The summed E-state index contributed by atoms with van der Waals surface area (Å²) in [6.07, 6.45) is 1.78. The number of aromatic nitrogens is 2. The van der Waals surface area contributed by atoms with Crippen molar-refractivity contribution in [2.75, 3.05) is 4.90 Å². The van der Waals surface area contributed by atoms with Gasteiger partial charge in [0.25, 0.3) is 0 Å². The second-order valence-corrected chi connectivity index (χ2v) is 12.8. The summed E-state index contributed by atoms with van der Waals surface area (Å²) >= 11 is 0. The van der Waals surface area contributed by atoms with Crippen LogP contribution >= 0.6 is 0 Å². The third kappa shape index (κ3) is 4.80. The molecule has 0 atom stereocenters. The largest absolute Gasteiger partial charge is 0.438 e. The van der Waals surface area contributed by atoms with E-state index in [4.69, 9.17) is 4.42 Å². The second-order valence-electron chi connectivity index (χ2n) is 12.8. The Morgan fingerprint density at radius 3 is 2.00 bits per heavy atom. The standard InChI is InChI=1S/C47H31N3O/c1-3-13-32(14-4-1)37-17-7-9-21-42(37)49(35-26-24-33(25-27-35)38-19-11-23-45-46(38)40-20-12-30-48-47(40)51-45)36-28-29-44-41(31-36)39-18-8-10-22-43(39)50(44)34-15-5-2-6-16-34/h1-31H. The molecule has 0 aliphatic rings. The summed E-state index contributed by atoms with van der Waals surface area (Å²) in [5, 5.41) is 4.53. The number of nitrogens with zero attached hydrogens (tertiary/aromatic N) is 3. The Balaban J connectivity index is 1.18. The lowest BCUT2D eigenvalue weighted by Gasteiger charge is -2.28. The molecule has 0 bridgehead atoms. The van der Waals surface area contributed by atoms with Gasteiger partial charge in [-0.1, -0.05) is 109 Å². The molecule has 240 valence electrons. The van der Waals surface area contributed by atoms with Gasteiger partial charge >= 0.3 is 0 Å². The molecular formula is C47H31N3O. The topological polar surface area (TPSA) is 34.2 Å². The second kappa shape index (κ2) is 11.9. The first-order valence-corrected chi connectivity index (χ1v) is 17.2. The molecule has 0 saturated carbocycles. The van der Waals surface area contributed by atoms with E-state index in [-0.39, 0.29) is 0 Å². The maximum Gasteiger partial charge on any atom is 0.227 e. The fourth-order valence-corrected chi connectivity index (χ4v) is 7.60. The maximum atomic E-state index is 6.12. The molecule has 0 N–H and O–H groups in total. The van der Waals surface area contributed by atoms with E-state index in [1.807, 2.05) is 12.1 Å². The molecule has 4 nitrogen and oxygen atoms in total. The van der Waals surface area contributed by atoms with Crippen molar-refractivity contribution in [3.05, 3.63) is 188 Å². The van der Waals surface area contributed by atoms with Crippen molar-refractivity contribution in [1.82, 2.24) is 9.55 Å². The van der Waals surface area contributed by atoms with Gasteiger partial charge in [0, 0.05) is 50.4 Å². The first kappa shape index (κ1) is 29.0. The molecule has 3 heterocycles. The molecular weight excluding hydrogens is 623 g/mol. The van der Waals surface area contributed by atoms with E-state index in [2.05, 4.69) is 184 Å². The van der Waals surface area contributed by atoms with E-state index in [9.17, 15) is 0 Å². The molecule has 0 saturated heterocycles. The van der Waals surface area contributed by atoms with Crippen LogP contribution in [-0.2, 0) is 0 Å². The van der Waals surface area contributed by atoms with Crippen LogP contribution in [0.5, 0.6) is 0 Å². The van der Waals surface area contributed by atoms with Crippen molar-refractivity contribution < 1.29 is 4.42 Å². The Kier molecular flexibility index (Phi) is 6.78. The van der Waals surface area contributed by atoms with Crippen LogP contribution in [0.4, 0.5) is 17.1 Å². The quantitative estimate of drug-likeness (QED) is 0.179. The van der Waals surface area contributed by atoms with Crippen molar-refractivity contribution in [1.29, 1.82) is 0 Å². The third-order valence-corrected chi connectivity index (χ3v) is 9.87. The normalized spacial score (nSPS) is 11.5. The minimum Gasteiger partial charge on any atom is -0.438 e. The highest BCUT2D eigenvalue weighted by atomic mass is 16.3. The number of benzene rings is 7. The van der Waals surface area contributed by atoms with E-state index in [1.165, 1.54) is 27.4 Å². The van der Waals surface area contributed by atoms with Crippen LogP contribution in [0.3, 0.4) is 0 Å². The molecule has 4 heteroatoms. The molecule has 0 radical (unpaired) electrons. The summed E-state index contributed by atoms with van der Waals surface area (Å²) in [6, 6.07) is 64.7. The van der Waals surface area contributed by atoms with Crippen molar-refractivity contribution >= 4 is 60.9 Å². The summed E-state index contributed by atoms with van der Waals surface area (Å²) < 4.78 is 8.48. The molecule has 0 spiro atoms. The van der Waals surface area contributed by atoms with Crippen molar-refractivity contribution in [3.63, 3.8) is 0 Å². The number of hydrogen-bond acceptors (Lipinski definition) is 3. The molecule has 10 aromatic rings. The number of pyridine rings is 1. The average Bonchev–Trinajstić information content (AvgIpc) is 3.75. The van der Waals surface area contributed by atoms with Crippen LogP contribution in [0, 0.1) is 0 Å². The Morgan fingerprint density at radius 1 is 0.471 bits per heavy atom. The summed E-state index contributed by atoms with van der Waals surface area (Å²) in [5.74, 6) is 0. The summed E-state index contributed by atoms with van der Waals surface area (Å²) in [7, 11) is 0. The Hall–Kier alpha value is -6.91. The Morgan fingerprint density at radius 2 is 1.14 bits per heavy atom. The smallest absolute Gasteiger partial charge is 0.227 e. The number of furan rings is 1. The Labute approximate surface area is 295 Å². The zero-order valence-electron chi connectivity index (χ0n) is 27.6. The predicted octanol–water partition coefficient (Wildman–Crippen LogP) is 12.9. The average molecular weight is 654 g/mol. The monoisotopic (exact) mass is 653 g/mol. The van der Waals surface area contributed by atoms with Gasteiger partial charge < -0.3 is 13.9 Å². The zero-order chi connectivity index (χ0) is 33.7. The molecule has 7 aromatic carbocycles. The lowest BCUT2D eigenvalue weighted by molar-refractivity contribution is 0.654. The van der Waals surface area contributed by atoms with E-state index in [0.717, 1.165) is 55.8 Å². The van der Waals surface area contributed by atoms with Gasteiger partial charge in [0.2, 0.25) is 5.71 Å². The molecule has 0 aliphatic carbocycles. The van der Waals surface area contributed by atoms with Crippen molar-refractivity contribution in [2.24, 2.45) is 0 Å². The van der Waals surface area contributed by atoms with Crippen molar-refractivity contribution in [3.8, 4) is 27.9 Å². The minimum atomic E-state index is 0.657. The number of fused-ring (bicyclic) bond motifs is 6. The zero-order valence-corrected chi connectivity index (χ0v) is 27.6. The SMILES string of the molecule is c1ccc(-c2ccccc2N(c2ccc(-c3cccc4oc5ncccc5c34)cc2)c2ccc3c(c2)c2ccccc2n3-c2ccccc2)cc1. The summed E-state index contributed by atoms with van der Waals surface area (Å²) in [5.41, 5.74) is 12.8. The number of rotatable bonds is 6. The lowest BCUT2D eigenvalue weighted by Crippen LogP contribution is -2.11. The van der Waals surface area contributed by atoms with Gasteiger partial charge in [-0.05, 0) is 89.5 Å². The van der Waals surface area contributed by atoms with Gasteiger partial charge in [-0.15, -0.1) is 0 Å². The summed E-state index contributed by atoms with van der Waals surface area (Å²) in [4.78, 5) is 6.86. The lowest BCUT2D eigenvalue weighted by atomic mass is 9.98. The van der Waals surface area contributed by atoms with E-state index < -0.39 is 0 Å². The van der Waals surface area contributed by atoms with Crippen LogP contribution in [0.1, 0.15) is 0 Å². The predicted molar refractivity (Wildman–Crippen MR) is 211 cm³/mol. The van der Waals surface area contributed by atoms with Gasteiger partial charge in [0.15, 0.2) is 0 Å². The molecule has 0 amide bonds. The van der Waals surface area contributed by atoms with E-state index in [0.29, 0.717) is 5.71 Å². The highest BCUT2D eigenvalue weighted by molar-refractivity contribution is 6.12. The maximum absolute atomic E-state index is 6.12. The molecule has 0 fully saturated rings. The van der Waals surface area contributed by atoms with Crippen LogP contribution < -0.4 is 4.90 Å². The molecule has 10 rings (SSSR count). The van der Waals surface area contributed by atoms with Gasteiger partial charge in [-0.3, -0.25) is 0 Å². The molecule has 0 unspecified atom stereocenters. The Bertz CT molecular complexity index is 2850. The third-order valence-electron chi connectivity index (χ3n) is 9.87. The molecule has 0 aliphatic heterocycles. The van der Waals surface area contributed by atoms with Gasteiger partial charge in [0.1, 0.15) is 5.58 Å². The van der Waals surface area contributed by atoms with Gasteiger partial charge in [-0.2, -0.15) is 0 Å². The van der Waals surface area contributed by atoms with Gasteiger partial charge in [0.05, 0.1) is 16.7 Å². The van der Waals surface area contributed by atoms with E-state index in [1.54, 1.807) is 6.20 Å². The van der Waals surface area contributed by atoms with Crippen LogP contribution in [0.25, 0.3) is 71.8 Å². The summed E-state index contributed by atoms with van der Waals surface area (Å²) in [6.45, 7) is 0. The van der Waals surface area contributed by atoms with Crippen LogP contribution in [-0.4, -0.2) is 9.55 Å². The fourth-order valence-electron chi connectivity index (χ4n) is 7.60. The number of anilines is 3. The number of hydrogen-bond donors (Lipinski definition) is 0.